The summed E-state index contributed by atoms with van der Waals surface area (Å²) in [6, 6.07) is 13.7. The van der Waals surface area contributed by atoms with Crippen LogP contribution in [0.2, 0.25) is 0 Å². The van der Waals surface area contributed by atoms with Gasteiger partial charge in [0, 0.05) is 5.69 Å². The second-order valence-corrected chi connectivity index (χ2v) is 5.46. The van der Waals surface area contributed by atoms with Crippen molar-refractivity contribution in [3.05, 3.63) is 59.2 Å². The van der Waals surface area contributed by atoms with Gasteiger partial charge in [-0.05, 0) is 56.0 Å². The maximum absolute atomic E-state index is 12.3. The van der Waals surface area contributed by atoms with Gasteiger partial charge in [0.15, 0.2) is 6.10 Å². The first-order valence-corrected chi connectivity index (χ1v) is 7.64. The van der Waals surface area contributed by atoms with E-state index >= 15 is 0 Å². The van der Waals surface area contributed by atoms with Crippen molar-refractivity contribution in [3.63, 3.8) is 0 Å². The Kier molecular flexibility index (Phi) is 5.21. The minimum absolute atomic E-state index is 0.139. The lowest BCUT2D eigenvalue weighted by Gasteiger charge is -2.18. The van der Waals surface area contributed by atoms with E-state index in [0.717, 1.165) is 34.5 Å². The first-order chi connectivity index (χ1) is 10.5. The highest BCUT2D eigenvalue weighted by atomic mass is 16.5. The molecule has 0 fully saturated rings. The highest BCUT2D eigenvalue weighted by Gasteiger charge is 2.17. The average Bonchev–Trinajstić information content (AvgIpc) is 2.52. The lowest BCUT2D eigenvalue weighted by molar-refractivity contribution is -0.122. The summed E-state index contributed by atoms with van der Waals surface area (Å²) in [5, 5.41) is 2.94. The lowest BCUT2D eigenvalue weighted by Crippen LogP contribution is -2.30. The van der Waals surface area contributed by atoms with Crippen LogP contribution < -0.4 is 10.1 Å². The predicted octanol–water partition coefficient (Wildman–Crippen LogP) is 4.27. The smallest absolute Gasteiger partial charge is 0.265 e. The summed E-state index contributed by atoms with van der Waals surface area (Å²) < 4.78 is 5.83. The molecule has 0 bridgehead atoms. The maximum atomic E-state index is 12.3. The van der Waals surface area contributed by atoms with Gasteiger partial charge in [0.2, 0.25) is 0 Å². The zero-order chi connectivity index (χ0) is 16.1. The Morgan fingerprint density at radius 1 is 1.14 bits per heavy atom. The molecule has 0 saturated heterocycles. The number of carbonyl (C=O) groups excluding carboxylic acids is 1. The van der Waals surface area contributed by atoms with Crippen molar-refractivity contribution >= 4 is 11.6 Å². The third-order valence-corrected chi connectivity index (χ3v) is 3.89. The number of aryl methyl sites for hydroxylation is 2. The van der Waals surface area contributed by atoms with Crippen molar-refractivity contribution in [2.75, 3.05) is 5.32 Å². The Labute approximate surface area is 132 Å². The van der Waals surface area contributed by atoms with Gasteiger partial charge in [-0.15, -0.1) is 0 Å². The minimum Gasteiger partial charge on any atom is -0.481 e. The van der Waals surface area contributed by atoms with E-state index in [1.54, 1.807) is 6.92 Å². The van der Waals surface area contributed by atoms with Crippen LogP contribution in [0, 0.1) is 13.8 Å². The molecule has 0 aliphatic rings. The quantitative estimate of drug-likeness (QED) is 0.895. The van der Waals surface area contributed by atoms with Crippen LogP contribution in [0.15, 0.2) is 42.5 Å². The Bertz CT molecular complexity index is 664. The minimum atomic E-state index is -0.549. The molecule has 0 aromatic heterocycles. The van der Waals surface area contributed by atoms with Crippen LogP contribution in [-0.4, -0.2) is 12.0 Å². The van der Waals surface area contributed by atoms with Crippen LogP contribution in [0.5, 0.6) is 5.75 Å². The highest BCUT2D eigenvalue weighted by molar-refractivity contribution is 5.94. The van der Waals surface area contributed by atoms with Crippen molar-refractivity contribution in [3.8, 4) is 5.75 Å². The topological polar surface area (TPSA) is 38.3 Å². The van der Waals surface area contributed by atoms with Crippen LogP contribution in [-0.2, 0) is 11.2 Å². The number of hydrogen-bond donors (Lipinski definition) is 1. The molecule has 3 nitrogen and oxygen atoms in total. The fourth-order valence-electron chi connectivity index (χ4n) is 2.28. The van der Waals surface area contributed by atoms with Crippen LogP contribution >= 0.6 is 0 Å². The fourth-order valence-corrected chi connectivity index (χ4v) is 2.28. The first kappa shape index (κ1) is 16.1. The van der Waals surface area contributed by atoms with E-state index in [4.69, 9.17) is 4.74 Å². The number of rotatable bonds is 5. The van der Waals surface area contributed by atoms with Crippen LogP contribution in [0.3, 0.4) is 0 Å². The van der Waals surface area contributed by atoms with Crippen molar-refractivity contribution in [1.82, 2.24) is 0 Å². The molecule has 0 aliphatic heterocycles. The Morgan fingerprint density at radius 2 is 1.86 bits per heavy atom. The molecular weight excluding hydrogens is 274 g/mol. The summed E-state index contributed by atoms with van der Waals surface area (Å²) in [5.41, 5.74) is 4.18. The predicted molar refractivity (Wildman–Crippen MR) is 90.5 cm³/mol. The van der Waals surface area contributed by atoms with Crippen LogP contribution in [0.25, 0.3) is 0 Å². The lowest BCUT2D eigenvalue weighted by atomic mass is 10.1. The number of hydrogen-bond acceptors (Lipinski definition) is 2. The summed E-state index contributed by atoms with van der Waals surface area (Å²) in [6.07, 6.45) is 0.328. The van der Waals surface area contributed by atoms with Crippen molar-refractivity contribution < 1.29 is 9.53 Å². The molecular formula is C19H23NO2. The molecule has 3 heteroatoms. The van der Waals surface area contributed by atoms with Gasteiger partial charge < -0.3 is 10.1 Å². The number of carbonyl (C=O) groups is 1. The molecule has 0 spiro atoms. The number of amides is 1. The standard InChI is InChI=1S/C19H23NO2/c1-5-16-10-6-7-12-18(16)22-15(4)19(21)20-17-11-8-9-13(2)14(17)3/h6-12,15H,5H2,1-4H3,(H,20,21)/t15-/m0/s1. The van der Waals surface area contributed by atoms with Gasteiger partial charge in [-0.1, -0.05) is 37.3 Å². The molecule has 2 aromatic rings. The zero-order valence-electron chi connectivity index (χ0n) is 13.6. The number of benzene rings is 2. The van der Waals surface area contributed by atoms with Crippen molar-refractivity contribution in [2.24, 2.45) is 0 Å². The first-order valence-electron chi connectivity index (χ1n) is 7.64. The molecule has 0 aliphatic carbocycles. The third-order valence-electron chi connectivity index (χ3n) is 3.89. The average molecular weight is 297 g/mol. The number of para-hydroxylation sites is 1. The molecule has 116 valence electrons. The van der Waals surface area contributed by atoms with Crippen molar-refractivity contribution in [1.29, 1.82) is 0 Å². The van der Waals surface area contributed by atoms with E-state index in [2.05, 4.69) is 12.2 Å². The SMILES string of the molecule is CCc1ccccc1O[C@@H](C)C(=O)Nc1cccc(C)c1C. The van der Waals surface area contributed by atoms with E-state index < -0.39 is 6.10 Å². The number of ether oxygens (including phenoxy) is 1. The Morgan fingerprint density at radius 3 is 2.59 bits per heavy atom. The molecule has 1 N–H and O–H groups in total. The molecule has 2 rings (SSSR count). The van der Waals surface area contributed by atoms with E-state index in [9.17, 15) is 4.79 Å². The monoisotopic (exact) mass is 297 g/mol. The normalized spacial score (nSPS) is 11.8. The summed E-state index contributed by atoms with van der Waals surface area (Å²) in [5.74, 6) is 0.633. The number of anilines is 1. The van der Waals surface area contributed by atoms with Gasteiger partial charge >= 0.3 is 0 Å². The third kappa shape index (κ3) is 3.67. The molecule has 0 saturated carbocycles. The summed E-state index contributed by atoms with van der Waals surface area (Å²) >= 11 is 0. The van der Waals surface area contributed by atoms with Gasteiger partial charge in [-0.3, -0.25) is 4.79 Å². The van der Waals surface area contributed by atoms with Gasteiger partial charge in [-0.25, -0.2) is 0 Å². The van der Waals surface area contributed by atoms with Gasteiger partial charge in [-0.2, -0.15) is 0 Å². The maximum Gasteiger partial charge on any atom is 0.265 e. The largest absolute Gasteiger partial charge is 0.481 e. The molecule has 1 atom stereocenters. The molecule has 2 aromatic carbocycles. The highest BCUT2D eigenvalue weighted by Crippen LogP contribution is 2.21. The molecule has 0 heterocycles. The van der Waals surface area contributed by atoms with Crippen LogP contribution in [0.1, 0.15) is 30.5 Å². The van der Waals surface area contributed by atoms with E-state index in [1.165, 1.54) is 0 Å². The second-order valence-electron chi connectivity index (χ2n) is 5.46. The molecule has 22 heavy (non-hydrogen) atoms. The van der Waals surface area contributed by atoms with Gasteiger partial charge in [0.1, 0.15) is 5.75 Å². The van der Waals surface area contributed by atoms with E-state index in [1.807, 2.05) is 56.3 Å². The summed E-state index contributed by atoms with van der Waals surface area (Å²) in [4.78, 5) is 12.3. The van der Waals surface area contributed by atoms with Gasteiger partial charge in [0.05, 0.1) is 0 Å². The summed E-state index contributed by atoms with van der Waals surface area (Å²) in [7, 11) is 0. The van der Waals surface area contributed by atoms with Gasteiger partial charge in [0.25, 0.3) is 5.91 Å². The second kappa shape index (κ2) is 7.12. The van der Waals surface area contributed by atoms with E-state index in [-0.39, 0.29) is 5.91 Å². The van der Waals surface area contributed by atoms with E-state index in [0.29, 0.717) is 0 Å². The van der Waals surface area contributed by atoms with Crippen LogP contribution in [0.4, 0.5) is 5.69 Å². The number of nitrogens with one attached hydrogen (secondary N) is 1. The fraction of sp³-hybridized carbons (Fsp3) is 0.316. The Balaban J connectivity index is 2.08. The Hall–Kier alpha value is -2.29. The molecule has 1 amide bonds. The summed E-state index contributed by atoms with van der Waals surface area (Å²) in [6.45, 7) is 7.88. The molecule has 0 radical (unpaired) electrons. The van der Waals surface area contributed by atoms with Crippen molar-refractivity contribution in [2.45, 2.75) is 40.2 Å². The molecule has 0 unspecified atom stereocenters. The zero-order valence-corrected chi connectivity index (χ0v) is 13.6.